The second kappa shape index (κ2) is 6.08. The molecule has 0 spiro atoms. The fraction of sp³-hybridized carbons (Fsp3) is 0.0556. The van der Waals surface area contributed by atoms with Crippen molar-refractivity contribution in [2.24, 2.45) is 5.10 Å². The second-order valence-corrected chi connectivity index (χ2v) is 5.46. The van der Waals surface area contributed by atoms with E-state index in [1.165, 1.54) is 0 Å². The molecule has 0 saturated carbocycles. The van der Waals surface area contributed by atoms with E-state index in [0.29, 0.717) is 10.6 Å². The molecule has 0 heterocycles. The monoisotopic (exact) mass is 310 g/mol. The normalized spacial score (nSPS) is 11.2. The van der Waals surface area contributed by atoms with Crippen LogP contribution in [0, 0.1) is 6.92 Å². The van der Waals surface area contributed by atoms with Crippen LogP contribution in [0.1, 0.15) is 11.1 Å². The third-order valence-corrected chi connectivity index (χ3v) is 3.91. The lowest BCUT2D eigenvalue weighted by atomic mass is 10.0. The third kappa shape index (κ3) is 2.90. The summed E-state index contributed by atoms with van der Waals surface area (Å²) in [6, 6.07) is 17.1. The number of hydrazone groups is 1. The van der Waals surface area contributed by atoms with Gasteiger partial charge >= 0.3 is 0 Å². The first-order valence-electron chi connectivity index (χ1n) is 6.91. The van der Waals surface area contributed by atoms with Crippen molar-refractivity contribution in [2.75, 3.05) is 5.43 Å². The Hall–Kier alpha value is -2.52. The Morgan fingerprint density at radius 2 is 1.91 bits per heavy atom. The summed E-state index contributed by atoms with van der Waals surface area (Å²) in [5, 5.41) is 16.9. The van der Waals surface area contributed by atoms with Gasteiger partial charge in [-0.05, 0) is 41.5 Å². The fourth-order valence-electron chi connectivity index (χ4n) is 2.25. The van der Waals surface area contributed by atoms with E-state index in [1.807, 2.05) is 55.5 Å². The Bertz CT molecular complexity index is 859. The molecular formula is C18H15ClN2O. The quantitative estimate of drug-likeness (QED) is 0.531. The molecule has 22 heavy (non-hydrogen) atoms. The molecule has 0 radical (unpaired) electrons. The topological polar surface area (TPSA) is 44.6 Å². The van der Waals surface area contributed by atoms with Gasteiger partial charge in [-0.3, -0.25) is 5.43 Å². The molecule has 2 N–H and O–H groups in total. The molecule has 0 aliphatic rings. The van der Waals surface area contributed by atoms with Crippen molar-refractivity contribution < 1.29 is 5.11 Å². The molecule has 0 aromatic heterocycles. The largest absolute Gasteiger partial charge is 0.507 e. The Morgan fingerprint density at radius 1 is 1.09 bits per heavy atom. The number of anilines is 1. The predicted molar refractivity (Wildman–Crippen MR) is 93.0 cm³/mol. The SMILES string of the molecule is Cc1ccc(N/N=C/c2c(O)ccc3ccccc23)cc1Cl. The Kier molecular flexibility index (Phi) is 3.98. The smallest absolute Gasteiger partial charge is 0.125 e. The molecule has 3 aromatic rings. The highest BCUT2D eigenvalue weighted by atomic mass is 35.5. The van der Waals surface area contributed by atoms with Crippen LogP contribution >= 0.6 is 11.6 Å². The molecule has 3 aromatic carbocycles. The van der Waals surface area contributed by atoms with Gasteiger partial charge in [0.2, 0.25) is 0 Å². The first-order valence-corrected chi connectivity index (χ1v) is 7.29. The van der Waals surface area contributed by atoms with Crippen molar-refractivity contribution >= 4 is 34.3 Å². The third-order valence-electron chi connectivity index (χ3n) is 3.51. The molecule has 4 heteroatoms. The molecule has 0 fully saturated rings. The molecule has 0 bridgehead atoms. The number of fused-ring (bicyclic) bond motifs is 1. The highest BCUT2D eigenvalue weighted by molar-refractivity contribution is 6.31. The van der Waals surface area contributed by atoms with Crippen LogP contribution in [0.5, 0.6) is 5.75 Å². The van der Waals surface area contributed by atoms with E-state index in [-0.39, 0.29) is 5.75 Å². The summed E-state index contributed by atoms with van der Waals surface area (Å²) in [4.78, 5) is 0. The lowest BCUT2D eigenvalue weighted by Crippen LogP contribution is -1.92. The van der Waals surface area contributed by atoms with Gasteiger partial charge in [0.25, 0.3) is 0 Å². The highest BCUT2D eigenvalue weighted by Gasteiger charge is 2.04. The number of nitrogens with one attached hydrogen (secondary N) is 1. The number of rotatable bonds is 3. The van der Waals surface area contributed by atoms with Crippen LogP contribution in [-0.2, 0) is 0 Å². The summed E-state index contributed by atoms with van der Waals surface area (Å²) >= 11 is 6.08. The Labute approximate surface area is 133 Å². The van der Waals surface area contributed by atoms with Gasteiger partial charge in [0.1, 0.15) is 5.75 Å². The van der Waals surface area contributed by atoms with Gasteiger partial charge in [0, 0.05) is 10.6 Å². The van der Waals surface area contributed by atoms with Gasteiger partial charge in [-0.25, -0.2) is 0 Å². The molecule has 0 atom stereocenters. The molecule has 3 rings (SSSR count). The number of benzene rings is 3. The summed E-state index contributed by atoms with van der Waals surface area (Å²) in [6.45, 7) is 1.95. The number of halogens is 1. The number of aryl methyl sites for hydroxylation is 1. The first kappa shape index (κ1) is 14.4. The minimum atomic E-state index is 0.200. The number of aromatic hydroxyl groups is 1. The molecule has 0 aliphatic heterocycles. The Balaban J connectivity index is 1.89. The molecule has 0 amide bonds. The predicted octanol–water partition coefficient (Wildman–Crippen LogP) is 4.95. The number of nitrogens with zero attached hydrogens (tertiary/aromatic N) is 1. The zero-order chi connectivity index (χ0) is 15.5. The van der Waals surface area contributed by atoms with Gasteiger partial charge in [-0.2, -0.15) is 5.10 Å². The standard InChI is InChI=1S/C18H15ClN2O/c1-12-6-8-14(10-17(12)19)21-20-11-16-15-5-3-2-4-13(15)7-9-18(16)22/h2-11,21-22H,1H3/b20-11+. The average Bonchev–Trinajstić information content (AvgIpc) is 2.53. The van der Waals surface area contributed by atoms with Crippen LogP contribution in [0.3, 0.4) is 0 Å². The van der Waals surface area contributed by atoms with Gasteiger partial charge in [-0.15, -0.1) is 0 Å². The minimum absolute atomic E-state index is 0.200. The highest BCUT2D eigenvalue weighted by Crippen LogP contribution is 2.25. The zero-order valence-corrected chi connectivity index (χ0v) is 12.8. The van der Waals surface area contributed by atoms with Crippen molar-refractivity contribution in [2.45, 2.75) is 6.92 Å². The minimum Gasteiger partial charge on any atom is -0.507 e. The van der Waals surface area contributed by atoms with Crippen LogP contribution in [0.4, 0.5) is 5.69 Å². The summed E-state index contributed by atoms with van der Waals surface area (Å²) < 4.78 is 0. The maximum absolute atomic E-state index is 10.0. The van der Waals surface area contributed by atoms with Gasteiger partial charge in [0.05, 0.1) is 11.9 Å². The van der Waals surface area contributed by atoms with Crippen molar-refractivity contribution in [3.63, 3.8) is 0 Å². The lowest BCUT2D eigenvalue weighted by Gasteiger charge is -2.06. The van der Waals surface area contributed by atoms with E-state index in [2.05, 4.69) is 10.5 Å². The molecule has 110 valence electrons. The van der Waals surface area contributed by atoms with E-state index in [0.717, 1.165) is 22.0 Å². The molecule has 0 unspecified atom stereocenters. The summed E-state index contributed by atoms with van der Waals surface area (Å²) in [7, 11) is 0. The number of hydrogen-bond acceptors (Lipinski definition) is 3. The maximum atomic E-state index is 10.0. The first-order chi connectivity index (χ1) is 10.6. The van der Waals surface area contributed by atoms with E-state index >= 15 is 0 Å². The van der Waals surface area contributed by atoms with Gasteiger partial charge < -0.3 is 5.11 Å². The van der Waals surface area contributed by atoms with E-state index < -0.39 is 0 Å². The fourth-order valence-corrected chi connectivity index (χ4v) is 2.43. The van der Waals surface area contributed by atoms with E-state index in [1.54, 1.807) is 12.3 Å². The van der Waals surface area contributed by atoms with Gasteiger partial charge in [-0.1, -0.05) is 48.0 Å². The summed E-state index contributed by atoms with van der Waals surface area (Å²) in [5.74, 6) is 0.200. The van der Waals surface area contributed by atoms with Crippen LogP contribution in [-0.4, -0.2) is 11.3 Å². The second-order valence-electron chi connectivity index (χ2n) is 5.05. The van der Waals surface area contributed by atoms with Crippen molar-refractivity contribution in [3.05, 3.63) is 70.7 Å². The van der Waals surface area contributed by atoms with Crippen molar-refractivity contribution in [1.82, 2.24) is 0 Å². The number of phenolic OH excluding ortho intramolecular Hbond substituents is 1. The molecule has 0 aliphatic carbocycles. The molecule has 0 saturated heterocycles. The lowest BCUT2D eigenvalue weighted by molar-refractivity contribution is 0.475. The van der Waals surface area contributed by atoms with Crippen LogP contribution in [0.15, 0.2) is 59.7 Å². The number of phenols is 1. The van der Waals surface area contributed by atoms with Gasteiger partial charge in [0.15, 0.2) is 0 Å². The van der Waals surface area contributed by atoms with Crippen LogP contribution in [0.25, 0.3) is 10.8 Å². The summed E-state index contributed by atoms with van der Waals surface area (Å²) in [5.41, 5.74) is 5.43. The van der Waals surface area contributed by atoms with Crippen LogP contribution in [0.2, 0.25) is 5.02 Å². The summed E-state index contributed by atoms with van der Waals surface area (Å²) in [6.07, 6.45) is 1.62. The van der Waals surface area contributed by atoms with E-state index in [4.69, 9.17) is 11.6 Å². The number of hydrogen-bond donors (Lipinski definition) is 2. The molecule has 3 nitrogen and oxygen atoms in total. The maximum Gasteiger partial charge on any atom is 0.125 e. The van der Waals surface area contributed by atoms with Crippen molar-refractivity contribution in [1.29, 1.82) is 0 Å². The van der Waals surface area contributed by atoms with Crippen LogP contribution < -0.4 is 5.43 Å². The zero-order valence-electron chi connectivity index (χ0n) is 12.0. The van der Waals surface area contributed by atoms with E-state index in [9.17, 15) is 5.11 Å². The Morgan fingerprint density at radius 3 is 2.73 bits per heavy atom. The molecular weight excluding hydrogens is 296 g/mol. The average molecular weight is 311 g/mol. The van der Waals surface area contributed by atoms with Crippen molar-refractivity contribution in [3.8, 4) is 5.75 Å².